The third kappa shape index (κ3) is 4.48. The Balaban J connectivity index is 1.93. The Labute approximate surface area is 141 Å². The van der Waals surface area contributed by atoms with Gasteiger partial charge < -0.3 is 19.6 Å². The second-order valence-corrected chi connectivity index (χ2v) is 5.43. The molecule has 1 aromatic carbocycles. The van der Waals surface area contributed by atoms with Crippen molar-refractivity contribution in [2.45, 2.75) is 13.5 Å². The minimum atomic E-state index is -0.719. The zero-order valence-corrected chi connectivity index (χ0v) is 13.6. The van der Waals surface area contributed by atoms with Crippen molar-refractivity contribution in [1.82, 2.24) is 0 Å². The number of aryl methyl sites for hydroxylation is 1. The van der Waals surface area contributed by atoms with Gasteiger partial charge in [-0.3, -0.25) is 4.79 Å². The number of benzene rings is 1. The number of amides is 1. The van der Waals surface area contributed by atoms with Gasteiger partial charge in [0, 0.05) is 5.02 Å². The Hall–Kier alpha value is -2.02. The number of halogens is 2. The lowest BCUT2D eigenvalue weighted by Crippen LogP contribution is -2.21. The molecule has 2 aromatic rings. The van der Waals surface area contributed by atoms with Crippen molar-refractivity contribution in [2.24, 2.45) is 0 Å². The van der Waals surface area contributed by atoms with E-state index in [9.17, 15) is 9.59 Å². The third-order valence-corrected chi connectivity index (χ3v) is 3.43. The number of carbonyl (C=O) groups is 2. The zero-order chi connectivity index (χ0) is 17.0. The standard InChI is InChI=1S/C15H13Cl2NO5/c1-8-11(5-10(6-19)23-8)15(21)22-7-14(20)18-13-3-2-9(16)4-12(13)17/h2-5,19H,6-7H2,1H3,(H,18,20). The molecule has 0 aliphatic rings. The molecule has 6 nitrogen and oxygen atoms in total. The van der Waals surface area contributed by atoms with Crippen LogP contribution in [0.5, 0.6) is 0 Å². The lowest BCUT2D eigenvalue weighted by atomic mass is 10.2. The summed E-state index contributed by atoms with van der Waals surface area (Å²) in [5, 5.41) is 12.2. The molecule has 0 fully saturated rings. The Morgan fingerprint density at radius 2 is 2.04 bits per heavy atom. The quantitative estimate of drug-likeness (QED) is 0.802. The fourth-order valence-corrected chi connectivity index (χ4v) is 2.27. The second kappa shape index (κ2) is 7.50. The molecular weight excluding hydrogens is 345 g/mol. The number of furan rings is 1. The van der Waals surface area contributed by atoms with E-state index >= 15 is 0 Å². The summed E-state index contributed by atoms with van der Waals surface area (Å²) < 4.78 is 10.0. The zero-order valence-electron chi connectivity index (χ0n) is 12.1. The highest BCUT2D eigenvalue weighted by Gasteiger charge is 2.17. The van der Waals surface area contributed by atoms with E-state index in [1.807, 2.05) is 0 Å². The van der Waals surface area contributed by atoms with Crippen LogP contribution in [-0.2, 0) is 16.1 Å². The van der Waals surface area contributed by atoms with Crippen LogP contribution in [0.25, 0.3) is 0 Å². The Morgan fingerprint density at radius 3 is 2.65 bits per heavy atom. The topological polar surface area (TPSA) is 88.8 Å². The number of esters is 1. The van der Waals surface area contributed by atoms with Crippen molar-refractivity contribution in [3.05, 3.63) is 51.4 Å². The summed E-state index contributed by atoms with van der Waals surface area (Å²) in [6.07, 6.45) is 0. The van der Waals surface area contributed by atoms with Gasteiger partial charge in [0.15, 0.2) is 6.61 Å². The van der Waals surface area contributed by atoms with Crippen LogP contribution in [0.3, 0.4) is 0 Å². The van der Waals surface area contributed by atoms with Crippen LogP contribution in [0.2, 0.25) is 10.0 Å². The third-order valence-electron chi connectivity index (χ3n) is 2.88. The van der Waals surface area contributed by atoms with Crippen molar-refractivity contribution < 1.29 is 23.8 Å². The molecule has 1 amide bonds. The van der Waals surface area contributed by atoms with E-state index in [4.69, 9.17) is 37.5 Å². The van der Waals surface area contributed by atoms with Crippen LogP contribution in [0.4, 0.5) is 5.69 Å². The number of nitrogens with one attached hydrogen (secondary N) is 1. The van der Waals surface area contributed by atoms with E-state index in [-0.39, 0.29) is 23.0 Å². The summed E-state index contributed by atoms with van der Waals surface area (Å²) in [6.45, 7) is 0.740. The number of hydrogen-bond donors (Lipinski definition) is 2. The fraction of sp³-hybridized carbons (Fsp3) is 0.200. The maximum Gasteiger partial charge on any atom is 0.342 e. The van der Waals surface area contributed by atoms with Crippen molar-refractivity contribution >= 4 is 40.8 Å². The summed E-state index contributed by atoms with van der Waals surface area (Å²) in [4.78, 5) is 23.7. The van der Waals surface area contributed by atoms with E-state index in [0.29, 0.717) is 16.5 Å². The van der Waals surface area contributed by atoms with Crippen LogP contribution < -0.4 is 5.32 Å². The molecule has 0 radical (unpaired) electrons. The van der Waals surface area contributed by atoms with Gasteiger partial charge in [0.1, 0.15) is 23.7 Å². The predicted molar refractivity (Wildman–Crippen MR) is 84.7 cm³/mol. The number of ether oxygens (including phenoxy) is 1. The summed E-state index contributed by atoms with van der Waals surface area (Å²) in [7, 11) is 0. The number of anilines is 1. The summed E-state index contributed by atoms with van der Waals surface area (Å²) in [5.41, 5.74) is 0.519. The fourth-order valence-electron chi connectivity index (χ4n) is 1.81. The van der Waals surface area contributed by atoms with Crippen LogP contribution in [0.1, 0.15) is 21.9 Å². The molecule has 8 heteroatoms. The number of rotatable bonds is 5. The monoisotopic (exact) mass is 357 g/mol. The first kappa shape index (κ1) is 17.3. The highest BCUT2D eigenvalue weighted by Crippen LogP contribution is 2.25. The van der Waals surface area contributed by atoms with Crippen LogP contribution >= 0.6 is 23.2 Å². The van der Waals surface area contributed by atoms with Gasteiger partial charge in [0.25, 0.3) is 5.91 Å². The molecule has 0 spiro atoms. The van der Waals surface area contributed by atoms with E-state index in [1.165, 1.54) is 18.2 Å². The highest BCUT2D eigenvalue weighted by atomic mass is 35.5. The smallest absolute Gasteiger partial charge is 0.342 e. The summed E-state index contributed by atoms with van der Waals surface area (Å²) >= 11 is 11.7. The van der Waals surface area contributed by atoms with Gasteiger partial charge in [-0.2, -0.15) is 0 Å². The predicted octanol–water partition coefficient (Wildman–Crippen LogP) is 3.18. The molecule has 0 atom stereocenters. The molecular formula is C15H13Cl2NO5. The molecule has 0 bridgehead atoms. The van der Waals surface area contributed by atoms with Crippen LogP contribution in [0, 0.1) is 6.92 Å². The van der Waals surface area contributed by atoms with Crippen molar-refractivity contribution in [2.75, 3.05) is 11.9 Å². The average Bonchev–Trinajstić information content (AvgIpc) is 2.89. The molecule has 0 aliphatic carbocycles. The molecule has 0 saturated carbocycles. The lowest BCUT2D eigenvalue weighted by molar-refractivity contribution is -0.119. The maximum absolute atomic E-state index is 11.9. The maximum atomic E-state index is 11.9. The van der Waals surface area contributed by atoms with E-state index in [0.717, 1.165) is 0 Å². The largest absolute Gasteiger partial charge is 0.463 e. The number of aliphatic hydroxyl groups excluding tert-OH is 1. The van der Waals surface area contributed by atoms with Gasteiger partial charge in [-0.05, 0) is 31.2 Å². The van der Waals surface area contributed by atoms with Gasteiger partial charge in [0.05, 0.1) is 10.7 Å². The summed E-state index contributed by atoms with van der Waals surface area (Å²) in [5.74, 6) is -0.721. The van der Waals surface area contributed by atoms with Crippen molar-refractivity contribution in [3.63, 3.8) is 0 Å². The van der Waals surface area contributed by atoms with E-state index < -0.39 is 18.5 Å². The Bertz CT molecular complexity index is 741. The molecule has 0 unspecified atom stereocenters. The molecule has 0 aliphatic heterocycles. The lowest BCUT2D eigenvalue weighted by Gasteiger charge is -2.08. The van der Waals surface area contributed by atoms with E-state index in [1.54, 1.807) is 13.0 Å². The van der Waals surface area contributed by atoms with E-state index in [2.05, 4.69) is 5.32 Å². The van der Waals surface area contributed by atoms with Crippen molar-refractivity contribution in [1.29, 1.82) is 0 Å². The highest BCUT2D eigenvalue weighted by molar-refractivity contribution is 6.36. The molecule has 2 N–H and O–H groups in total. The first-order chi connectivity index (χ1) is 10.9. The Morgan fingerprint density at radius 1 is 1.30 bits per heavy atom. The first-order valence-corrected chi connectivity index (χ1v) is 7.28. The van der Waals surface area contributed by atoms with Gasteiger partial charge in [-0.15, -0.1) is 0 Å². The van der Waals surface area contributed by atoms with Crippen LogP contribution in [0.15, 0.2) is 28.7 Å². The molecule has 1 aromatic heterocycles. The average molecular weight is 358 g/mol. The van der Waals surface area contributed by atoms with Crippen molar-refractivity contribution in [3.8, 4) is 0 Å². The van der Waals surface area contributed by atoms with Crippen LogP contribution in [-0.4, -0.2) is 23.6 Å². The number of aliphatic hydroxyl groups is 1. The minimum Gasteiger partial charge on any atom is -0.463 e. The molecule has 122 valence electrons. The molecule has 1 heterocycles. The normalized spacial score (nSPS) is 10.4. The Kier molecular flexibility index (Phi) is 5.65. The number of hydrogen-bond acceptors (Lipinski definition) is 5. The molecule has 23 heavy (non-hydrogen) atoms. The second-order valence-electron chi connectivity index (χ2n) is 4.59. The minimum absolute atomic E-state index is 0.159. The van der Waals surface area contributed by atoms with Gasteiger partial charge in [-0.25, -0.2) is 4.79 Å². The van der Waals surface area contributed by atoms with Gasteiger partial charge in [-0.1, -0.05) is 23.2 Å². The molecule has 0 saturated heterocycles. The van der Waals surface area contributed by atoms with Gasteiger partial charge in [0.2, 0.25) is 0 Å². The summed E-state index contributed by atoms with van der Waals surface area (Å²) in [6, 6.07) is 5.96. The SMILES string of the molecule is Cc1oc(CO)cc1C(=O)OCC(=O)Nc1ccc(Cl)cc1Cl. The number of carbonyl (C=O) groups excluding carboxylic acids is 2. The van der Waals surface area contributed by atoms with Gasteiger partial charge >= 0.3 is 5.97 Å². The first-order valence-electron chi connectivity index (χ1n) is 6.53. The molecule has 2 rings (SSSR count).